The molecule has 0 atom stereocenters. The molecule has 0 saturated carbocycles. The summed E-state index contributed by atoms with van der Waals surface area (Å²) in [6.07, 6.45) is 18.5. The van der Waals surface area contributed by atoms with E-state index in [-0.39, 0.29) is 0 Å². The summed E-state index contributed by atoms with van der Waals surface area (Å²) >= 11 is 0. The molecule has 8 heteroatoms. The first-order valence-corrected chi connectivity index (χ1v) is 34.7. The van der Waals surface area contributed by atoms with Crippen molar-refractivity contribution in [3.8, 4) is 89.7 Å². The highest BCUT2D eigenvalue weighted by Crippen LogP contribution is 2.25. The SMILES string of the molecule is Cc1ccc(-c2ccccc2)nc1.Cc1ccc(-c2ccccc2)nc1.Cc1ccc(-c2cccnc2)cc1.Cc1cccc(-c2ccccc2)n1.Cc1cccc(-c2cccnc2)c1.Cc1ccccc1-c1cccnc1.Cc1cccnc1-c1ccccc1.Cc1ccnc(-c2ccccc2)c1. The number of aryl methyl sites for hydroxylation is 8. The lowest BCUT2D eigenvalue weighted by molar-refractivity contribution is 1.21. The van der Waals surface area contributed by atoms with Crippen LogP contribution in [0.25, 0.3) is 89.7 Å². The first kappa shape index (κ1) is 75.2. The average Bonchev–Trinajstić information content (AvgIpc) is 0.866. The third-order valence-electron chi connectivity index (χ3n) is 16.1. The molecule has 8 heterocycles. The van der Waals surface area contributed by atoms with E-state index < -0.39 is 0 Å². The topological polar surface area (TPSA) is 103 Å². The lowest BCUT2D eigenvalue weighted by Gasteiger charge is -2.03. The fourth-order valence-corrected chi connectivity index (χ4v) is 10.6. The van der Waals surface area contributed by atoms with E-state index in [1.165, 1.54) is 100 Å². The third kappa shape index (κ3) is 25.3. The van der Waals surface area contributed by atoms with Gasteiger partial charge in [0.1, 0.15) is 0 Å². The zero-order chi connectivity index (χ0) is 72.8. The second-order valence-electron chi connectivity index (χ2n) is 24.6. The molecule has 16 aromatic rings. The molecule has 0 aliphatic rings. The molecule has 0 N–H and O–H groups in total. The normalized spacial score (nSPS) is 9.92. The van der Waals surface area contributed by atoms with Crippen molar-refractivity contribution in [2.75, 3.05) is 0 Å². The summed E-state index contributed by atoms with van der Waals surface area (Å²) in [5.41, 5.74) is 28.1. The molecule has 0 amide bonds. The molecule has 512 valence electrons. The van der Waals surface area contributed by atoms with Crippen molar-refractivity contribution in [2.24, 2.45) is 0 Å². The largest absolute Gasteiger partial charge is 0.264 e. The molecule has 0 radical (unpaired) electrons. The lowest BCUT2D eigenvalue weighted by atomic mass is 10.0. The predicted octanol–water partition coefficient (Wildman–Crippen LogP) is 24.5. The fraction of sp³-hybridized carbons (Fsp3) is 0.0833. The van der Waals surface area contributed by atoms with Gasteiger partial charge in [-0.15, -0.1) is 0 Å². The number of hydrogen-bond donors (Lipinski definition) is 0. The molecule has 0 aliphatic carbocycles. The summed E-state index contributed by atoms with van der Waals surface area (Å²) in [6, 6.07) is 111. The van der Waals surface area contributed by atoms with Crippen LogP contribution in [0.4, 0.5) is 0 Å². The summed E-state index contributed by atoms with van der Waals surface area (Å²) in [7, 11) is 0. The lowest BCUT2D eigenvalue weighted by Crippen LogP contribution is -1.85. The Morgan fingerprint density at radius 1 is 0.192 bits per heavy atom. The molecule has 0 unspecified atom stereocenters. The highest BCUT2D eigenvalue weighted by molar-refractivity contribution is 5.68. The van der Waals surface area contributed by atoms with Gasteiger partial charge in [-0.2, -0.15) is 0 Å². The number of pyridine rings is 8. The van der Waals surface area contributed by atoms with Crippen LogP contribution in [0, 0.1) is 55.4 Å². The van der Waals surface area contributed by atoms with Crippen LogP contribution in [-0.4, -0.2) is 39.9 Å². The molecule has 0 bridgehead atoms. The van der Waals surface area contributed by atoms with Crippen LogP contribution in [-0.2, 0) is 0 Å². The summed E-state index contributed by atoms with van der Waals surface area (Å²) in [5, 5.41) is 0. The van der Waals surface area contributed by atoms with Crippen LogP contribution < -0.4 is 0 Å². The monoisotopic (exact) mass is 1350 g/mol. The quantitative estimate of drug-likeness (QED) is 0.148. The van der Waals surface area contributed by atoms with Gasteiger partial charge in [-0.1, -0.05) is 278 Å². The van der Waals surface area contributed by atoms with Crippen LogP contribution in [0.5, 0.6) is 0 Å². The minimum absolute atomic E-state index is 1.03. The predicted molar refractivity (Wildman–Crippen MR) is 435 cm³/mol. The van der Waals surface area contributed by atoms with E-state index in [4.69, 9.17) is 0 Å². The first-order valence-electron chi connectivity index (χ1n) is 34.7. The minimum atomic E-state index is 1.03. The molecular weight excluding hydrogens is 1270 g/mol. The Morgan fingerprint density at radius 3 is 1.07 bits per heavy atom. The van der Waals surface area contributed by atoms with E-state index in [0.717, 1.165) is 34.2 Å². The molecule has 0 fully saturated rings. The zero-order valence-corrected chi connectivity index (χ0v) is 60.5. The molecular formula is C96H88N8. The second-order valence-corrected chi connectivity index (χ2v) is 24.6. The van der Waals surface area contributed by atoms with Gasteiger partial charge in [0.25, 0.3) is 0 Å². The Labute approximate surface area is 615 Å². The van der Waals surface area contributed by atoms with Crippen LogP contribution in [0.1, 0.15) is 44.6 Å². The van der Waals surface area contributed by atoms with Crippen LogP contribution in [0.2, 0.25) is 0 Å². The van der Waals surface area contributed by atoms with E-state index in [2.05, 4.69) is 250 Å². The number of hydrogen-bond acceptors (Lipinski definition) is 8. The Bertz CT molecular complexity index is 4570. The van der Waals surface area contributed by atoms with Gasteiger partial charge in [-0.05, 0) is 172 Å². The average molecular weight is 1350 g/mol. The molecule has 0 aliphatic heterocycles. The van der Waals surface area contributed by atoms with Crippen LogP contribution in [0.3, 0.4) is 0 Å². The molecule has 8 aromatic heterocycles. The van der Waals surface area contributed by atoms with E-state index in [1.54, 1.807) is 18.6 Å². The van der Waals surface area contributed by atoms with Crippen molar-refractivity contribution in [3.05, 3.63) is 434 Å². The molecule has 0 spiro atoms. The maximum Gasteiger partial charge on any atom is 0.0731 e. The molecule has 104 heavy (non-hydrogen) atoms. The maximum atomic E-state index is 4.44. The van der Waals surface area contributed by atoms with Crippen molar-refractivity contribution < 1.29 is 0 Å². The number of aromatic nitrogens is 8. The highest BCUT2D eigenvalue weighted by atomic mass is 14.7. The van der Waals surface area contributed by atoms with Gasteiger partial charge in [0.2, 0.25) is 0 Å². The van der Waals surface area contributed by atoms with E-state index in [1.807, 2.05) is 216 Å². The first-order chi connectivity index (χ1) is 50.9. The van der Waals surface area contributed by atoms with Crippen LogP contribution in [0.15, 0.2) is 390 Å². The second kappa shape index (κ2) is 41.5. The van der Waals surface area contributed by atoms with E-state index in [0.29, 0.717) is 0 Å². The van der Waals surface area contributed by atoms with Gasteiger partial charge in [0, 0.05) is 101 Å². The van der Waals surface area contributed by atoms with Crippen molar-refractivity contribution >= 4 is 0 Å². The summed E-state index contributed by atoms with van der Waals surface area (Å²) in [4.78, 5) is 34.1. The Hall–Kier alpha value is -13.0. The number of rotatable bonds is 8. The van der Waals surface area contributed by atoms with Crippen LogP contribution >= 0.6 is 0 Å². The van der Waals surface area contributed by atoms with Crippen molar-refractivity contribution in [3.63, 3.8) is 0 Å². The maximum absolute atomic E-state index is 4.44. The molecule has 16 rings (SSSR count). The highest BCUT2D eigenvalue weighted by Gasteiger charge is 2.04. The van der Waals surface area contributed by atoms with Gasteiger partial charge in [0.15, 0.2) is 0 Å². The van der Waals surface area contributed by atoms with Crippen molar-refractivity contribution in [2.45, 2.75) is 55.4 Å². The molecule has 0 saturated heterocycles. The Balaban J connectivity index is 0.000000138. The van der Waals surface area contributed by atoms with Gasteiger partial charge in [0.05, 0.1) is 28.5 Å². The van der Waals surface area contributed by atoms with Gasteiger partial charge in [-0.3, -0.25) is 39.9 Å². The summed E-state index contributed by atoms with van der Waals surface area (Å²) in [5.74, 6) is 0. The molecule has 8 nitrogen and oxygen atoms in total. The molecule has 8 aromatic carbocycles. The fourth-order valence-electron chi connectivity index (χ4n) is 10.6. The minimum Gasteiger partial charge on any atom is -0.264 e. The Kier molecular flexibility index (Phi) is 30.0. The summed E-state index contributed by atoms with van der Waals surface area (Å²) < 4.78 is 0. The number of nitrogens with zero attached hydrogens (tertiary/aromatic N) is 8. The third-order valence-corrected chi connectivity index (χ3v) is 16.1. The smallest absolute Gasteiger partial charge is 0.0731 e. The van der Waals surface area contributed by atoms with Gasteiger partial charge >= 0.3 is 0 Å². The van der Waals surface area contributed by atoms with E-state index >= 15 is 0 Å². The number of benzene rings is 8. The standard InChI is InChI=1S/8C12H11N/c1-10-4-2-5-11(8-10)12-6-3-7-13-9-12;1-10-4-6-11(7-5-10)12-3-2-8-13-9-12;1-10-5-2-3-7-12(10)11-6-4-8-13-9-11;1-10-6-5-9-13-12(10)11-7-3-2-4-8-11;1-10-6-5-9-12(13-10)11-7-3-2-4-8-11;1-10-7-8-13-12(9-10)11-5-3-2-4-6-11;2*1-10-7-8-12(13-9-10)11-5-3-2-4-6-11/h8*2-9H,1H3. The van der Waals surface area contributed by atoms with Gasteiger partial charge in [-0.25, -0.2) is 0 Å². The Morgan fingerprint density at radius 2 is 0.606 bits per heavy atom. The summed E-state index contributed by atoms with van der Waals surface area (Å²) in [6.45, 7) is 16.6. The van der Waals surface area contributed by atoms with Crippen molar-refractivity contribution in [1.82, 2.24) is 39.9 Å². The van der Waals surface area contributed by atoms with Gasteiger partial charge < -0.3 is 0 Å². The van der Waals surface area contributed by atoms with Crippen molar-refractivity contribution in [1.29, 1.82) is 0 Å². The zero-order valence-electron chi connectivity index (χ0n) is 60.5. The van der Waals surface area contributed by atoms with E-state index in [9.17, 15) is 0 Å².